The number of nitrogens with one attached hydrogen (secondary N) is 1. The second-order valence-electron chi connectivity index (χ2n) is 3.79. The van der Waals surface area contributed by atoms with Crippen molar-refractivity contribution in [1.29, 1.82) is 0 Å². The molecule has 0 atom stereocenters. The Morgan fingerprint density at radius 3 is 2.80 bits per heavy atom. The van der Waals surface area contributed by atoms with Crippen LogP contribution in [-0.2, 0) is 11.3 Å². The van der Waals surface area contributed by atoms with E-state index in [1.165, 1.54) is 0 Å². The predicted molar refractivity (Wildman–Crippen MR) is 59.6 cm³/mol. The minimum absolute atomic E-state index is 0.0367. The van der Waals surface area contributed by atoms with Crippen LogP contribution in [0.3, 0.4) is 0 Å². The molecule has 1 N–H and O–H groups in total. The number of unbranched alkanes of at least 4 members (excludes halogenated alkanes) is 1. The monoisotopic (exact) mass is 209 g/mol. The molecular weight excluding hydrogens is 190 g/mol. The fraction of sp³-hybridized carbons (Fsp3) is 0.636. The van der Waals surface area contributed by atoms with Gasteiger partial charge in [-0.15, -0.1) is 0 Å². The molecule has 0 aliphatic heterocycles. The lowest BCUT2D eigenvalue weighted by atomic mass is 10.3. The number of hydrogen-bond acceptors (Lipinski definition) is 2. The number of carbonyl (C=O) groups is 1. The summed E-state index contributed by atoms with van der Waals surface area (Å²) in [4.78, 5) is 11.5. The molecule has 1 aromatic rings. The maximum atomic E-state index is 11.5. The van der Waals surface area contributed by atoms with E-state index in [9.17, 15) is 4.79 Å². The first-order valence-corrected chi connectivity index (χ1v) is 5.41. The number of hydrogen-bond donors (Lipinski definition) is 1. The van der Waals surface area contributed by atoms with Crippen LogP contribution >= 0.6 is 0 Å². The number of aryl methyl sites for hydroxylation is 2. The van der Waals surface area contributed by atoms with Crippen LogP contribution in [0, 0.1) is 13.8 Å². The third kappa shape index (κ3) is 3.73. The van der Waals surface area contributed by atoms with Crippen LogP contribution in [0.2, 0.25) is 0 Å². The zero-order valence-corrected chi connectivity index (χ0v) is 9.71. The maximum Gasteiger partial charge on any atom is 0.241 e. The van der Waals surface area contributed by atoms with E-state index in [1.807, 2.05) is 19.9 Å². The molecule has 0 fully saturated rings. The van der Waals surface area contributed by atoms with Crippen molar-refractivity contribution in [2.45, 2.75) is 40.2 Å². The molecule has 1 amide bonds. The molecule has 1 heterocycles. The normalized spacial score (nSPS) is 10.3. The number of rotatable bonds is 5. The minimum atomic E-state index is 0.0367. The van der Waals surface area contributed by atoms with Crippen molar-refractivity contribution in [2.75, 3.05) is 6.54 Å². The van der Waals surface area contributed by atoms with Crippen LogP contribution in [0.15, 0.2) is 6.07 Å². The first-order chi connectivity index (χ1) is 7.13. The molecule has 0 aliphatic carbocycles. The Balaban J connectivity index is 2.41. The molecule has 4 heteroatoms. The zero-order valence-electron chi connectivity index (χ0n) is 9.71. The molecule has 1 aromatic heterocycles. The van der Waals surface area contributed by atoms with Crippen LogP contribution in [0.4, 0.5) is 0 Å². The Morgan fingerprint density at radius 1 is 1.53 bits per heavy atom. The first-order valence-electron chi connectivity index (χ1n) is 5.41. The lowest BCUT2D eigenvalue weighted by molar-refractivity contribution is -0.121. The molecular formula is C11H19N3O. The summed E-state index contributed by atoms with van der Waals surface area (Å²) in [5.74, 6) is 0.0367. The van der Waals surface area contributed by atoms with Crippen LogP contribution in [-0.4, -0.2) is 22.2 Å². The van der Waals surface area contributed by atoms with Crippen molar-refractivity contribution in [3.8, 4) is 0 Å². The summed E-state index contributed by atoms with van der Waals surface area (Å²) in [5, 5.41) is 7.10. The molecule has 0 spiro atoms. The highest BCUT2D eigenvalue weighted by molar-refractivity contribution is 5.75. The summed E-state index contributed by atoms with van der Waals surface area (Å²) >= 11 is 0. The van der Waals surface area contributed by atoms with E-state index < -0.39 is 0 Å². The van der Waals surface area contributed by atoms with Crippen LogP contribution in [0.5, 0.6) is 0 Å². The second-order valence-corrected chi connectivity index (χ2v) is 3.79. The van der Waals surface area contributed by atoms with Crippen molar-refractivity contribution in [1.82, 2.24) is 15.1 Å². The van der Waals surface area contributed by atoms with Gasteiger partial charge >= 0.3 is 0 Å². The smallest absolute Gasteiger partial charge is 0.241 e. The predicted octanol–water partition coefficient (Wildman–Crippen LogP) is 1.42. The molecule has 15 heavy (non-hydrogen) atoms. The maximum absolute atomic E-state index is 11.5. The molecule has 0 aliphatic rings. The molecule has 0 aromatic carbocycles. The number of aromatic nitrogens is 2. The number of carbonyl (C=O) groups excluding carboxylic acids is 1. The quantitative estimate of drug-likeness (QED) is 0.745. The Hall–Kier alpha value is -1.32. The second kappa shape index (κ2) is 5.53. The Kier molecular flexibility index (Phi) is 4.34. The van der Waals surface area contributed by atoms with Gasteiger partial charge in [0.05, 0.1) is 5.69 Å². The molecule has 4 nitrogen and oxygen atoms in total. The van der Waals surface area contributed by atoms with Gasteiger partial charge in [0.25, 0.3) is 0 Å². The summed E-state index contributed by atoms with van der Waals surface area (Å²) in [6, 6.07) is 1.97. The summed E-state index contributed by atoms with van der Waals surface area (Å²) in [6.07, 6.45) is 2.13. The number of amides is 1. The first kappa shape index (κ1) is 11.8. The van der Waals surface area contributed by atoms with Gasteiger partial charge in [-0.05, 0) is 26.3 Å². The van der Waals surface area contributed by atoms with Gasteiger partial charge in [0, 0.05) is 12.2 Å². The van der Waals surface area contributed by atoms with Crippen LogP contribution < -0.4 is 5.32 Å². The summed E-state index contributed by atoms with van der Waals surface area (Å²) < 4.78 is 1.73. The van der Waals surface area contributed by atoms with Crippen LogP contribution in [0.25, 0.3) is 0 Å². The Morgan fingerprint density at radius 2 is 2.27 bits per heavy atom. The highest BCUT2D eigenvalue weighted by atomic mass is 16.2. The van der Waals surface area contributed by atoms with E-state index in [0.29, 0.717) is 6.54 Å². The highest BCUT2D eigenvalue weighted by Crippen LogP contribution is 2.00. The molecule has 84 valence electrons. The van der Waals surface area contributed by atoms with Gasteiger partial charge in [0.2, 0.25) is 5.91 Å². The van der Waals surface area contributed by atoms with Gasteiger partial charge < -0.3 is 5.32 Å². The van der Waals surface area contributed by atoms with Crippen molar-refractivity contribution in [3.05, 3.63) is 17.5 Å². The lowest BCUT2D eigenvalue weighted by Gasteiger charge is -2.05. The van der Waals surface area contributed by atoms with Crippen molar-refractivity contribution in [3.63, 3.8) is 0 Å². The van der Waals surface area contributed by atoms with Crippen molar-refractivity contribution >= 4 is 5.91 Å². The topological polar surface area (TPSA) is 46.9 Å². The average Bonchev–Trinajstić information content (AvgIpc) is 2.45. The standard InChI is InChI=1S/C11H19N3O/c1-4-5-6-12-11(15)8-14-10(3)7-9(2)13-14/h7H,4-6,8H2,1-3H3,(H,12,15). The fourth-order valence-electron chi connectivity index (χ4n) is 1.43. The van der Waals surface area contributed by atoms with Crippen molar-refractivity contribution in [2.24, 2.45) is 0 Å². The van der Waals surface area contributed by atoms with Gasteiger partial charge in [-0.25, -0.2) is 0 Å². The van der Waals surface area contributed by atoms with E-state index in [-0.39, 0.29) is 5.91 Å². The van der Waals surface area contributed by atoms with Gasteiger partial charge in [-0.2, -0.15) is 5.10 Å². The van der Waals surface area contributed by atoms with Gasteiger partial charge in [-0.3, -0.25) is 9.48 Å². The van der Waals surface area contributed by atoms with Crippen molar-refractivity contribution < 1.29 is 4.79 Å². The zero-order chi connectivity index (χ0) is 11.3. The third-order valence-electron chi connectivity index (χ3n) is 2.25. The van der Waals surface area contributed by atoms with E-state index >= 15 is 0 Å². The van der Waals surface area contributed by atoms with E-state index in [1.54, 1.807) is 4.68 Å². The largest absolute Gasteiger partial charge is 0.354 e. The highest BCUT2D eigenvalue weighted by Gasteiger charge is 2.05. The molecule has 0 saturated carbocycles. The van der Waals surface area contributed by atoms with Gasteiger partial charge in [-0.1, -0.05) is 13.3 Å². The molecule has 0 unspecified atom stereocenters. The van der Waals surface area contributed by atoms with E-state index in [2.05, 4.69) is 17.3 Å². The molecule has 0 radical (unpaired) electrons. The minimum Gasteiger partial charge on any atom is -0.354 e. The van der Waals surface area contributed by atoms with Gasteiger partial charge in [0.15, 0.2) is 0 Å². The van der Waals surface area contributed by atoms with E-state index in [0.717, 1.165) is 30.8 Å². The third-order valence-corrected chi connectivity index (χ3v) is 2.25. The molecule has 1 rings (SSSR count). The molecule has 0 bridgehead atoms. The van der Waals surface area contributed by atoms with Crippen LogP contribution in [0.1, 0.15) is 31.2 Å². The summed E-state index contributed by atoms with van der Waals surface area (Å²) in [5.41, 5.74) is 1.98. The summed E-state index contributed by atoms with van der Waals surface area (Å²) in [7, 11) is 0. The molecule has 0 saturated heterocycles. The number of nitrogens with zero attached hydrogens (tertiary/aromatic N) is 2. The van der Waals surface area contributed by atoms with Gasteiger partial charge in [0.1, 0.15) is 6.54 Å². The fourth-order valence-corrected chi connectivity index (χ4v) is 1.43. The lowest BCUT2D eigenvalue weighted by Crippen LogP contribution is -2.29. The SMILES string of the molecule is CCCCNC(=O)Cn1nc(C)cc1C. The summed E-state index contributed by atoms with van der Waals surface area (Å²) in [6.45, 7) is 7.07. The van der Waals surface area contributed by atoms with E-state index in [4.69, 9.17) is 0 Å². The average molecular weight is 209 g/mol. The Labute approximate surface area is 90.7 Å². The Bertz CT molecular complexity index is 331.